The fraction of sp³-hybridized carbons (Fsp3) is 0. The van der Waals surface area contributed by atoms with Crippen molar-refractivity contribution in [1.82, 2.24) is 4.98 Å². The fourth-order valence-electron chi connectivity index (χ4n) is 2.37. The Morgan fingerprint density at radius 3 is 1.96 bits per heavy atom. The van der Waals surface area contributed by atoms with E-state index in [2.05, 4.69) is 4.98 Å². The van der Waals surface area contributed by atoms with Gasteiger partial charge in [-0.3, -0.25) is 0 Å². The van der Waals surface area contributed by atoms with Gasteiger partial charge in [-0.25, -0.2) is 0 Å². The molecule has 0 aliphatic carbocycles. The van der Waals surface area contributed by atoms with Crippen LogP contribution in [0.15, 0.2) is 48.7 Å². The first kappa shape index (κ1) is 18.0. The Labute approximate surface area is 163 Å². The second-order valence-corrected chi connectivity index (χ2v) is 6.79. The maximum Gasteiger partial charge on any atom is 0.371 e. The van der Waals surface area contributed by atoms with Crippen LogP contribution in [0.3, 0.4) is 0 Å². The minimum absolute atomic E-state index is 0.242. The van der Waals surface area contributed by atoms with Crippen molar-refractivity contribution in [3.8, 4) is 22.3 Å². The largest absolute Gasteiger partial charge is 0.371 e. The number of nitrogens with zero attached hydrogens (tertiary/aromatic N) is 2. The summed E-state index contributed by atoms with van der Waals surface area (Å²) in [5, 5.41) is 13.0. The van der Waals surface area contributed by atoms with Crippen molar-refractivity contribution < 1.29 is 4.92 Å². The minimum Gasteiger partial charge on any atom is -0.358 e. The summed E-state index contributed by atoms with van der Waals surface area (Å²) >= 11 is 24.5. The second-order valence-electron chi connectivity index (χ2n) is 5.10. The molecule has 0 saturated heterocycles. The third-order valence-electron chi connectivity index (χ3n) is 3.50. The Morgan fingerprint density at radius 1 is 0.800 bits per heavy atom. The number of pyridine rings is 1. The van der Waals surface area contributed by atoms with Crippen molar-refractivity contribution in [2.45, 2.75) is 0 Å². The van der Waals surface area contributed by atoms with E-state index in [0.717, 1.165) is 0 Å². The summed E-state index contributed by atoms with van der Waals surface area (Å²) < 4.78 is 0. The van der Waals surface area contributed by atoms with Crippen LogP contribution in [-0.2, 0) is 0 Å². The van der Waals surface area contributed by atoms with E-state index in [4.69, 9.17) is 46.4 Å². The zero-order valence-electron chi connectivity index (χ0n) is 12.3. The molecule has 25 heavy (non-hydrogen) atoms. The first-order valence-corrected chi connectivity index (χ1v) is 8.43. The van der Waals surface area contributed by atoms with Gasteiger partial charge in [0.25, 0.3) is 0 Å². The molecule has 3 rings (SSSR count). The van der Waals surface area contributed by atoms with E-state index in [9.17, 15) is 10.1 Å². The van der Waals surface area contributed by atoms with E-state index in [1.165, 1.54) is 6.20 Å². The van der Waals surface area contributed by atoms with E-state index in [-0.39, 0.29) is 11.4 Å². The molecule has 0 unspecified atom stereocenters. The van der Waals surface area contributed by atoms with Crippen LogP contribution in [0.25, 0.3) is 22.3 Å². The van der Waals surface area contributed by atoms with Crippen molar-refractivity contribution in [2.75, 3.05) is 0 Å². The molecular weight excluding hydrogens is 406 g/mol. The highest BCUT2D eigenvalue weighted by atomic mass is 35.5. The third kappa shape index (κ3) is 3.72. The van der Waals surface area contributed by atoms with Gasteiger partial charge in [-0.1, -0.05) is 46.4 Å². The van der Waals surface area contributed by atoms with Crippen LogP contribution in [0, 0.1) is 10.1 Å². The predicted molar refractivity (Wildman–Crippen MR) is 102 cm³/mol. The smallest absolute Gasteiger partial charge is 0.358 e. The van der Waals surface area contributed by atoms with Crippen LogP contribution in [-0.4, -0.2) is 9.91 Å². The van der Waals surface area contributed by atoms with Crippen LogP contribution in [0.5, 0.6) is 0 Å². The van der Waals surface area contributed by atoms with Gasteiger partial charge in [-0.05, 0) is 52.4 Å². The average Bonchev–Trinajstić information content (AvgIpc) is 2.58. The lowest BCUT2D eigenvalue weighted by atomic mass is 10.0. The predicted octanol–water partition coefficient (Wildman–Crippen LogP) is 6.94. The molecule has 4 nitrogen and oxygen atoms in total. The van der Waals surface area contributed by atoms with Gasteiger partial charge in [0.2, 0.25) is 0 Å². The molecule has 0 bridgehead atoms. The molecule has 0 aliphatic heterocycles. The maximum absolute atomic E-state index is 11.4. The molecule has 2 aromatic carbocycles. The van der Waals surface area contributed by atoms with E-state index >= 15 is 0 Å². The van der Waals surface area contributed by atoms with E-state index in [1.807, 2.05) is 0 Å². The monoisotopic (exact) mass is 412 g/mol. The van der Waals surface area contributed by atoms with E-state index < -0.39 is 4.92 Å². The van der Waals surface area contributed by atoms with Crippen LogP contribution >= 0.6 is 46.4 Å². The van der Waals surface area contributed by atoms with Gasteiger partial charge in [-0.15, -0.1) is 0 Å². The Balaban J connectivity index is 2.28. The van der Waals surface area contributed by atoms with E-state index in [0.29, 0.717) is 36.8 Å². The summed E-state index contributed by atoms with van der Waals surface area (Å²) in [6.45, 7) is 0. The van der Waals surface area contributed by atoms with Crippen LogP contribution in [0.4, 0.5) is 5.82 Å². The van der Waals surface area contributed by atoms with Crippen molar-refractivity contribution in [1.29, 1.82) is 0 Å². The number of aromatic nitrogens is 1. The normalized spacial score (nSPS) is 10.7. The molecule has 8 heteroatoms. The minimum atomic E-state index is -0.573. The van der Waals surface area contributed by atoms with Crippen molar-refractivity contribution in [3.63, 3.8) is 0 Å². The molecule has 0 aliphatic rings. The Hall–Kier alpha value is -1.85. The molecule has 0 N–H and O–H groups in total. The van der Waals surface area contributed by atoms with Gasteiger partial charge < -0.3 is 10.1 Å². The topological polar surface area (TPSA) is 56.0 Å². The molecule has 0 amide bonds. The number of hydrogen-bond donors (Lipinski definition) is 0. The van der Waals surface area contributed by atoms with Crippen LogP contribution in [0.2, 0.25) is 20.1 Å². The number of rotatable bonds is 3. The molecule has 0 spiro atoms. The maximum atomic E-state index is 11.4. The standard InChI is InChI=1S/C17H8Cl4N2O2/c18-10-1-3-15(20)12(6-10)9-5-14(17(22-8-9)23(24)25)13-7-11(19)2-4-16(13)21/h1-8H. The first-order chi connectivity index (χ1) is 11.9. The van der Waals surface area contributed by atoms with Crippen LogP contribution < -0.4 is 0 Å². The summed E-state index contributed by atoms with van der Waals surface area (Å²) in [4.78, 5) is 14.8. The summed E-state index contributed by atoms with van der Waals surface area (Å²) in [7, 11) is 0. The number of nitro groups is 1. The second kappa shape index (κ2) is 7.18. The molecule has 1 aromatic heterocycles. The van der Waals surface area contributed by atoms with Gasteiger partial charge in [0, 0.05) is 36.8 Å². The molecule has 126 valence electrons. The summed E-state index contributed by atoms with van der Waals surface area (Å²) in [6.07, 6.45) is 1.37. The highest BCUT2D eigenvalue weighted by Gasteiger charge is 2.21. The summed E-state index contributed by atoms with van der Waals surface area (Å²) in [5.74, 6) is -0.328. The van der Waals surface area contributed by atoms with Gasteiger partial charge >= 0.3 is 5.82 Å². The Morgan fingerprint density at radius 2 is 1.36 bits per heavy atom. The molecule has 1 heterocycles. The lowest BCUT2D eigenvalue weighted by Crippen LogP contribution is -1.97. The molecule has 0 fully saturated rings. The first-order valence-electron chi connectivity index (χ1n) is 6.92. The molecule has 0 atom stereocenters. The van der Waals surface area contributed by atoms with Crippen LogP contribution in [0.1, 0.15) is 0 Å². The highest BCUT2D eigenvalue weighted by molar-refractivity contribution is 6.36. The quantitative estimate of drug-likeness (QED) is 0.345. The number of hydrogen-bond acceptors (Lipinski definition) is 3. The average molecular weight is 414 g/mol. The number of benzene rings is 2. The lowest BCUT2D eigenvalue weighted by Gasteiger charge is -2.09. The summed E-state index contributed by atoms with van der Waals surface area (Å²) in [6, 6.07) is 11.3. The SMILES string of the molecule is O=[N+]([O-])c1ncc(-c2cc(Cl)ccc2Cl)cc1-c1cc(Cl)ccc1Cl. The molecular formula is C17H8Cl4N2O2. The number of halogens is 4. The third-order valence-corrected chi connectivity index (χ3v) is 4.63. The molecule has 0 radical (unpaired) electrons. The van der Waals surface area contributed by atoms with Crippen molar-refractivity contribution in [2.24, 2.45) is 0 Å². The Kier molecular flexibility index (Phi) is 5.16. The van der Waals surface area contributed by atoms with Gasteiger partial charge in [0.05, 0.1) is 5.56 Å². The molecule has 0 saturated carbocycles. The van der Waals surface area contributed by atoms with E-state index in [1.54, 1.807) is 42.5 Å². The zero-order chi connectivity index (χ0) is 18.1. The zero-order valence-corrected chi connectivity index (χ0v) is 15.4. The van der Waals surface area contributed by atoms with Crippen molar-refractivity contribution >= 4 is 52.2 Å². The van der Waals surface area contributed by atoms with Crippen molar-refractivity contribution in [3.05, 3.63) is 78.9 Å². The fourth-order valence-corrected chi connectivity index (χ4v) is 3.16. The summed E-state index contributed by atoms with van der Waals surface area (Å²) in [5.41, 5.74) is 1.83. The highest BCUT2D eigenvalue weighted by Crippen LogP contribution is 2.39. The molecule has 3 aromatic rings. The van der Waals surface area contributed by atoms with Gasteiger partial charge in [-0.2, -0.15) is 0 Å². The van der Waals surface area contributed by atoms with Gasteiger partial charge in [0.15, 0.2) is 0 Å². The van der Waals surface area contributed by atoms with Gasteiger partial charge in [0.1, 0.15) is 6.20 Å². The Bertz CT molecular complexity index is 992. The lowest BCUT2D eigenvalue weighted by molar-refractivity contribution is -0.388.